The number of nitrogens with one attached hydrogen (secondary N) is 1. The molecule has 3 aromatic carbocycles. The SMILES string of the molecule is Cc1ccc2cc(C(c3nnnn3Cc3ccccc3)N3c4ccccc4CC3C)c(=O)[nH]c2c1C. The second-order valence-electron chi connectivity index (χ2n) is 9.70. The van der Waals surface area contributed by atoms with Gasteiger partial charge in [-0.1, -0.05) is 60.7 Å². The molecule has 3 heterocycles. The fraction of sp³-hybridized carbons (Fsp3) is 0.241. The first kappa shape index (κ1) is 22.2. The molecule has 7 heteroatoms. The third-order valence-corrected chi connectivity index (χ3v) is 7.39. The lowest BCUT2D eigenvalue weighted by atomic mass is 9.99. The van der Waals surface area contributed by atoms with Crippen LogP contribution in [0.2, 0.25) is 0 Å². The molecule has 0 amide bonds. The van der Waals surface area contributed by atoms with E-state index in [-0.39, 0.29) is 11.6 Å². The third-order valence-electron chi connectivity index (χ3n) is 7.39. The van der Waals surface area contributed by atoms with Gasteiger partial charge in [0.25, 0.3) is 5.56 Å². The van der Waals surface area contributed by atoms with Crippen molar-refractivity contribution in [3.63, 3.8) is 0 Å². The predicted octanol–water partition coefficient (Wildman–Crippen LogP) is 4.72. The van der Waals surface area contributed by atoms with Gasteiger partial charge in [0.2, 0.25) is 0 Å². The number of pyridine rings is 1. The number of hydrogen-bond donors (Lipinski definition) is 1. The highest BCUT2D eigenvalue weighted by Crippen LogP contribution is 2.40. The summed E-state index contributed by atoms with van der Waals surface area (Å²) in [5, 5.41) is 13.9. The lowest BCUT2D eigenvalue weighted by Gasteiger charge is -2.33. The topological polar surface area (TPSA) is 79.7 Å². The lowest BCUT2D eigenvalue weighted by Crippen LogP contribution is -2.39. The van der Waals surface area contributed by atoms with Gasteiger partial charge in [-0.2, -0.15) is 0 Å². The largest absolute Gasteiger partial charge is 0.354 e. The number of rotatable bonds is 5. The fourth-order valence-corrected chi connectivity index (χ4v) is 5.42. The van der Waals surface area contributed by atoms with Crippen LogP contribution in [-0.4, -0.2) is 31.2 Å². The molecule has 2 aromatic heterocycles. The maximum Gasteiger partial charge on any atom is 0.254 e. The first-order valence-corrected chi connectivity index (χ1v) is 12.3. The predicted molar refractivity (Wildman–Crippen MR) is 141 cm³/mol. The van der Waals surface area contributed by atoms with E-state index in [9.17, 15) is 4.79 Å². The van der Waals surface area contributed by atoms with Crippen molar-refractivity contribution in [1.82, 2.24) is 25.2 Å². The van der Waals surface area contributed by atoms with Crippen LogP contribution in [0, 0.1) is 13.8 Å². The Hall–Kier alpha value is -4.26. The average Bonchev–Trinajstić information content (AvgIpc) is 3.47. The standard InChI is InChI=1S/C29H28N6O/c1-18-13-14-23-16-24(29(36)30-26(23)20(18)3)27(35-19(2)15-22-11-7-8-12-25(22)35)28-31-32-33-34(28)17-21-9-5-4-6-10-21/h4-14,16,19,27H,15,17H2,1-3H3,(H,30,36). The van der Waals surface area contributed by atoms with Gasteiger partial charge in [0.1, 0.15) is 6.04 Å². The molecular formula is C29H28N6O. The molecule has 0 radical (unpaired) electrons. The summed E-state index contributed by atoms with van der Waals surface area (Å²) in [6.45, 7) is 6.82. The number of aromatic amines is 1. The highest BCUT2D eigenvalue weighted by Gasteiger charge is 2.37. The van der Waals surface area contributed by atoms with E-state index in [4.69, 9.17) is 0 Å². The van der Waals surface area contributed by atoms with Crippen molar-refractivity contribution in [2.45, 2.75) is 45.8 Å². The van der Waals surface area contributed by atoms with Gasteiger partial charge in [0.15, 0.2) is 5.82 Å². The summed E-state index contributed by atoms with van der Waals surface area (Å²) in [5.41, 5.74) is 7.10. The number of aryl methyl sites for hydroxylation is 2. The second kappa shape index (κ2) is 8.75. The number of para-hydroxylation sites is 1. The van der Waals surface area contributed by atoms with E-state index in [1.165, 1.54) is 5.56 Å². The Morgan fingerprint density at radius 3 is 2.64 bits per heavy atom. The summed E-state index contributed by atoms with van der Waals surface area (Å²) in [6, 6.07) is 24.4. The molecule has 0 saturated carbocycles. The Bertz CT molecular complexity index is 1620. The molecule has 36 heavy (non-hydrogen) atoms. The van der Waals surface area contributed by atoms with Crippen LogP contribution in [0.15, 0.2) is 77.6 Å². The number of nitrogens with zero attached hydrogens (tertiary/aromatic N) is 5. The lowest BCUT2D eigenvalue weighted by molar-refractivity contribution is 0.544. The van der Waals surface area contributed by atoms with Crippen LogP contribution in [-0.2, 0) is 13.0 Å². The van der Waals surface area contributed by atoms with Gasteiger partial charge in [-0.25, -0.2) is 4.68 Å². The molecule has 2 unspecified atom stereocenters. The Labute approximate surface area is 209 Å². The van der Waals surface area contributed by atoms with Crippen LogP contribution < -0.4 is 10.5 Å². The Balaban J connectivity index is 1.56. The molecule has 2 atom stereocenters. The number of benzene rings is 3. The zero-order valence-electron chi connectivity index (χ0n) is 20.6. The zero-order chi connectivity index (χ0) is 24.8. The van der Waals surface area contributed by atoms with Gasteiger partial charge in [-0.15, -0.1) is 5.10 Å². The van der Waals surface area contributed by atoms with Crippen molar-refractivity contribution >= 4 is 16.6 Å². The van der Waals surface area contributed by atoms with Crippen molar-refractivity contribution in [3.05, 3.63) is 117 Å². The molecule has 0 aliphatic carbocycles. The minimum Gasteiger partial charge on any atom is -0.354 e. The van der Waals surface area contributed by atoms with Crippen LogP contribution in [0.3, 0.4) is 0 Å². The molecule has 7 nitrogen and oxygen atoms in total. The molecular weight excluding hydrogens is 448 g/mol. The van der Waals surface area contributed by atoms with Gasteiger partial charge in [-0.3, -0.25) is 4.79 Å². The van der Waals surface area contributed by atoms with Gasteiger partial charge in [0, 0.05) is 17.3 Å². The molecule has 0 bridgehead atoms. The van der Waals surface area contributed by atoms with Crippen LogP contribution >= 0.6 is 0 Å². The van der Waals surface area contributed by atoms with Gasteiger partial charge in [0.05, 0.1) is 12.1 Å². The van der Waals surface area contributed by atoms with Crippen LogP contribution in [0.5, 0.6) is 0 Å². The molecule has 0 saturated heterocycles. The first-order valence-electron chi connectivity index (χ1n) is 12.3. The molecule has 5 aromatic rings. The van der Waals surface area contributed by atoms with E-state index >= 15 is 0 Å². The normalized spacial score (nSPS) is 15.9. The molecule has 1 aliphatic heterocycles. The quantitative estimate of drug-likeness (QED) is 0.397. The fourth-order valence-electron chi connectivity index (χ4n) is 5.42. The summed E-state index contributed by atoms with van der Waals surface area (Å²) in [5.74, 6) is 0.649. The number of anilines is 1. The van der Waals surface area contributed by atoms with E-state index in [0.717, 1.165) is 39.7 Å². The first-order chi connectivity index (χ1) is 17.5. The summed E-state index contributed by atoms with van der Waals surface area (Å²) in [7, 11) is 0. The maximum atomic E-state index is 13.7. The highest BCUT2D eigenvalue weighted by molar-refractivity contribution is 5.83. The van der Waals surface area contributed by atoms with Gasteiger partial charge >= 0.3 is 0 Å². The van der Waals surface area contributed by atoms with Crippen molar-refractivity contribution in [2.75, 3.05) is 4.90 Å². The van der Waals surface area contributed by atoms with Crippen LogP contribution in [0.25, 0.3) is 10.9 Å². The Morgan fingerprint density at radius 2 is 1.81 bits per heavy atom. The monoisotopic (exact) mass is 476 g/mol. The average molecular weight is 477 g/mol. The molecule has 0 fully saturated rings. The molecule has 0 spiro atoms. The van der Waals surface area contributed by atoms with Crippen molar-refractivity contribution in [2.24, 2.45) is 0 Å². The summed E-state index contributed by atoms with van der Waals surface area (Å²) < 4.78 is 1.82. The van der Waals surface area contributed by atoms with Crippen molar-refractivity contribution in [3.8, 4) is 0 Å². The molecule has 1 aliphatic rings. The van der Waals surface area contributed by atoms with E-state index in [2.05, 4.69) is 81.7 Å². The Morgan fingerprint density at radius 1 is 1.03 bits per heavy atom. The van der Waals surface area contributed by atoms with Gasteiger partial charge < -0.3 is 9.88 Å². The summed E-state index contributed by atoms with van der Waals surface area (Å²) in [6.07, 6.45) is 0.900. The second-order valence-corrected chi connectivity index (χ2v) is 9.70. The number of aromatic nitrogens is 5. The third kappa shape index (κ3) is 3.68. The maximum absolute atomic E-state index is 13.7. The minimum absolute atomic E-state index is 0.118. The van der Waals surface area contributed by atoms with E-state index in [0.29, 0.717) is 17.9 Å². The minimum atomic E-state index is -0.447. The van der Waals surface area contributed by atoms with Crippen LogP contribution in [0.4, 0.5) is 5.69 Å². The van der Waals surface area contributed by atoms with E-state index in [1.807, 2.05) is 41.9 Å². The number of hydrogen-bond acceptors (Lipinski definition) is 5. The molecule has 6 rings (SSSR count). The summed E-state index contributed by atoms with van der Waals surface area (Å²) >= 11 is 0. The molecule has 1 N–H and O–H groups in total. The number of tetrazole rings is 1. The highest BCUT2D eigenvalue weighted by atomic mass is 16.1. The smallest absolute Gasteiger partial charge is 0.254 e. The van der Waals surface area contributed by atoms with E-state index in [1.54, 1.807) is 0 Å². The Kier molecular flexibility index (Phi) is 5.40. The van der Waals surface area contributed by atoms with Crippen LogP contribution in [0.1, 0.15) is 46.6 Å². The van der Waals surface area contributed by atoms with Crippen molar-refractivity contribution in [1.29, 1.82) is 0 Å². The number of fused-ring (bicyclic) bond motifs is 2. The zero-order valence-corrected chi connectivity index (χ0v) is 20.6. The summed E-state index contributed by atoms with van der Waals surface area (Å²) in [4.78, 5) is 19.2. The van der Waals surface area contributed by atoms with Gasteiger partial charge in [-0.05, 0) is 77.4 Å². The molecule has 180 valence electrons. The van der Waals surface area contributed by atoms with E-state index < -0.39 is 6.04 Å². The number of H-pyrrole nitrogens is 1. The van der Waals surface area contributed by atoms with Crippen molar-refractivity contribution < 1.29 is 0 Å².